The van der Waals surface area contributed by atoms with Gasteiger partial charge in [-0.2, -0.15) is 5.26 Å². The largest absolute Gasteiger partial charge is 0.496 e. The lowest BCUT2D eigenvalue weighted by Gasteiger charge is -2.17. The van der Waals surface area contributed by atoms with Crippen molar-refractivity contribution >= 4 is 0 Å². The van der Waals surface area contributed by atoms with Crippen LogP contribution in [0.15, 0.2) is 6.07 Å². The summed E-state index contributed by atoms with van der Waals surface area (Å²) in [5.74, 6) is 0.928. The van der Waals surface area contributed by atoms with E-state index in [-0.39, 0.29) is 5.92 Å². The van der Waals surface area contributed by atoms with Crippen LogP contribution in [0.2, 0.25) is 0 Å². The topological polar surface area (TPSA) is 33.0 Å². The number of ether oxygens (including phenoxy) is 1. The lowest BCUT2D eigenvalue weighted by molar-refractivity contribution is 0.408. The van der Waals surface area contributed by atoms with Gasteiger partial charge in [0, 0.05) is 0 Å². The van der Waals surface area contributed by atoms with Crippen molar-refractivity contribution in [1.82, 2.24) is 0 Å². The minimum absolute atomic E-state index is 0.0108. The summed E-state index contributed by atoms with van der Waals surface area (Å²) in [6, 6.07) is 4.44. The lowest BCUT2D eigenvalue weighted by Crippen LogP contribution is -2.02. The molecule has 0 radical (unpaired) electrons. The molecule has 0 saturated heterocycles. The van der Waals surface area contributed by atoms with Crippen LogP contribution in [0.1, 0.15) is 41.5 Å². The Morgan fingerprint density at radius 3 is 2.38 bits per heavy atom. The zero-order valence-electron chi connectivity index (χ0n) is 10.7. The Morgan fingerprint density at radius 1 is 1.31 bits per heavy atom. The minimum Gasteiger partial charge on any atom is -0.496 e. The van der Waals surface area contributed by atoms with Crippen molar-refractivity contribution < 1.29 is 4.74 Å². The molecule has 16 heavy (non-hydrogen) atoms. The van der Waals surface area contributed by atoms with Crippen LogP contribution in [0, 0.1) is 32.1 Å². The summed E-state index contributed by atoms with van der Waals surface area (Å²) < 4.78 is 5.38. The molecule has 0 bridgehead atoms. The summed E-state index contributed by atoms with van der Waals surface area (Å²) in [4.78, 5) is 0. The van der Waals surface area contributed by atoms with Crippen LogP contribution in [0.25, 0.3) is 0 Å². The molecule has 1 aromatic carbocycles. The Kier molecular flexibility index (Phi) is 3.95. The molecule has 86 valence electrons. The van der Waals surface area contributed by atoms with Crippen LogP contribution in [0.5, 0.6) is 5.75 Å². The van der Waals surface area contributed by atoms with Crippen molar-refractivity contribution in [3.05, 3.63) is 28.3 Å². The molecule has 0 fully saturated rings. The van der Waals surface area contributed by atoms with E-state index >= 15 is 0 Å². The third kappa shape index (κ3) is 2.04. The summed E-state index contributed by atoms with van der Waals surface area (Å²) in [7, 11) is 1.69. The average Bonchev–Trinajstić information content (AvgIpc) is 2.27. The molecule has 0 aliphatic heterocycles. The Hall–Kier alpha value is -1.49. The van der Waals surface area contributed by atoms with Gasteiger partial charge in [-0.15, -0.1) is 0 Å². The van der Waals surface area contributed by atoms with Crippen molar-refractivity contribution in [2.24, 2.45) is 0 Å². The average molecular weight is 217 g/mol. The van der Waals surface area contributed by atoms with Crippen molar-refractivity contribution in [1.29, 1.82) is 5.26 Å². The molecule has 0 saturated carbocycles. The fraction of sp³-hybridized carbons (Fsp3) is 0.500. The highest BCUT2D eigenvalue weighted by atomic mass is 16.5. The van der Waals surface area contributed by atoms with Gasteiger partial charge < -0.3 is 4.74 Å². The number of benzene rings is 1. The number of methoxy groups -OCH3 is 1. The SMILES string of the molecule is CCC(C#N)c1cc(C)c(OC)c(C)c1C. The van der Waals surface area contributed by atoms with Gasteiger partial charge in [-0.25, -0.2) is 0 Å². The van der Waals surface area contributed by atoms with E-state index in [1.54, 1.807) is 7.11 Å². The second-order valence-electron chi connectivity index (χ2n) is 4.16. The van der Waals surface area contributed by atoms with E-state index < -0.39 is 0 Å². The van der Waals surface area contributed by atoms with Crippen LogP contribution in [-0.4, -0.2) is 7.11 Å². The summed E-state index contributed by atoms with van der Waals surface area (Å²) in [5, 5.41) is 9.13. The molecule has 0 aromatic heterocycles. The second-order valence-corrected chi connectivity index (χ2v) is 4.16. The minimum atomic E-state index is -0.0108. The molecule has 2 nitrogen and oxygen atoms in total. The predicted octanol–water partition coefficient (Wildman–Crippen LogP) is 3.64. The first-order valence-corrected chi connectivity index (χ1v) is 5.61. The number of nitriles is 1. The van der Waals surface area contributed by atoms with Gasteiger partial charge in [0.1, 0.15) is 5.75 Å². The maximum absolute atomic E-state index is 9.13. The van der Waals surface area contributed by atoms with E-state index in [4.69, 9.17) is 10.00 Å². The van der Waals surface area contributed by atoms with E-state index in [0.29, 0.717) is 0 Å². The zero-order valence-corrected chi connectivity index (χ0v) is 10.7. The first-order chi connectivity index (χ1) is 7.56. The van der Waals surface area contributed by atoms with Gasteiger partial charge >= 0.3 is 0 Å². The van der Waals surface area contributed by atoms with Crippen molar-refractivity contribution in [2.45, 2.75) is 40.0 Å². The van der Waals surface area contributed by atoms with Gasteiger partial charge in [0.05, 0.1) is 19.1 Å². The Labute approximate surface area is 97.9 Å². The molecule has 1 atom stereocenters. The van der Waals surface area contributed by atoms with Gasteiger partial charge in [0.2, 0.25) is 0 Å². The Morgan fingerprint density at radius 2 is 1.94 bits per heavy atom. The number of hydrogen-bond acceptors (Lipinski definition) is 2. The number of aryl methyl sites for hydroxylation is 1. The fourth-order valence-electron chi connectivity index (χ4n) is 2.15. The third-order valence-electron chi connectivity index (χ3n) is 3.21. The standard InChI is InChI=1S/C14H19NO/c1-6-12(8-15)13-7-9(2)14(16-5)11(4)10(13)3/h7,12H,6H2,1-5H3. The van der Waals surface area contributed by atoms with Crippen LogP contribution in [0.3, 0.4) is 0 Å². The lowest BCUT2D eigenvalue weighted by atomic mass is 9.89. The first kappa shape index (κ1) is 12.6. The van der Waals surface area contributed by atoms with Crippen LogP contribution in [-0.2, 0) is 0 Å². The second kappa shape index (κ2) is 5.03. The van der Waals surface area contributed by atoms with E-state index in [0.717, 1.165) is 28.9 Å². The Bertz CT molecular complexity index is 429. The van der Waals surface area contributed by atoms with Crippen molar-refractivity contribution in [3.63, 3.8) is 0 Å². The molecule has 0 N–H and O–H groups in total. The number of hydrogen-bond donors (Lipinski definition) is 0. The molecular formula is C14H19NO. The summed E-state index contributed by atoms with van der Waals surface area (Å²) >= 11 is 0. The highest BCUT2D eigenvalue weighted by molar-refractivity contribution is 5.51. The highest BCUT2D eigenvalue weighted by Crippen LogP contribution is 2.33. The number of rotatable bonds is 3. The molecule has 1 rings (SSSR count). The summed E-state index contributed by atoms with van der Waals surface area (Å²) in [5.41, 5.74) is 4.57. The van der Waals surface area contributed by atoms with E-state index in [1.807, 2.05) is 13.8 Å². The molecule has 0 amide bonds. The van der Waals surface area contributed by atoms with Gasteiger partial charge in [-0.3, -0.25) is 0 Å². The monoisotopic (exact) mass is 217 g/mol. The van der Waals surface area contributed by atoms with Crippen LogP contribution in [0.4, 0.5) is 0 Å². The molecule has 2 heteroatoms. The van der Waals surface area contributed by atoms with Crippen LogP contribution < -0.4 is 4.74 Å². The molecular weight excluding hydrogens is 198 g/mol. The molecule has 0 spiro atoms. The fourth-order valence-corrected chi connectivity index (χ4v) is 2.15. The van der Waals surface area contributed by atoms with Crippen molar-refractivity contribution in [2.75, 3.05) is 7.11 Å². The van der Waals surface area contributed by atoms with Gasteiger partial charge in [0.15, 0.2) is 0 Å². The number of nitrogens with zero attached hydrogens (tertiary/aromatic N) is 1. The van der Waals surface area contributed by atoms with Gasteiger partial charge in [0.25, 0.3) is 0 Å². The third-order valence-corrected chi connectivity index (χ3v) is 3.21. The highest BCUT2D eigenvalue weighted by Gasteiger charge is 2.16. The molecule has 1 aromatic rings. The van der Waals surface area contributed by atoms with Crippen molar-refractivity contribution in [3.8, 4) is 11.8 Å². The smallest absolute Gasteiger partial charge is 0.124 e. The molecule has 0 aliphatic carbocycles. The molecule has 1 unspecified atom stereocenters. The zero-order chi connectivity index (χ0) is 12.3. The van der Waals surface area contributed by atoms with Crippen LogP contribution >= 0.6 is 0 Å². The van der Waals surface area contributed by atoms with E-state index in [2.05, 4.69) is 26.0 Å². The molecule has 0 aliphatic rings. The van der Waals surface area contributed by atoms with E-state index in [1.165, 1.54) is 5.56 Å². The summed E-state index contributed by atoms with van der Waals surface area (Å²) in [6.45, 7) is 8.18. The van der Waals surface area contributed by atoms with Gasteiger partial charge in [-0.1, -0.05) is 13.0 Å². The maximum atomic E-state index is 9.13. The maximum Gasteiger partial charge on any atom is 0.124 e. The normalized spacial score (nSPS) is 12.0. The Balaban J connectivity index is 3.40. The quantitative estimate of drug-likeness (QED) is 0.774. The van der Waals surface area contributed by atoms with Gasteiger partial charge in [-0.05, 0) is 49.4 Å². The first-order valence-electron chi connectivity index (χ1n) is 5.61. The summed E-state index contributed by atoms with van der Waals surface area (Å²) in [6.07, 6.45) is 0.850. The molecule has 0 heterocycles. The predicted molar refractivity (Wildman–Crippen MR) is 65.9 cm³/mol. The van der Waals surface area contributed by atoms with E-state index in [9.17, 15) is 0 Å².